The van der Waals surface area contributed by atoms with Crippen molar-refractivity contribution in [3.8, 4) is 11.8 Å². The molecule has 16 heteroatoms. The molecule has 15 nitrogen and oxygen atoms in total. The lowest BCUT2D eigenvalue weighted by molar-refractivity contribution is 0.262. The van der Waals surface area contributed by atoms with E-state index in [1.807, 2.05) is 6.07 Å². The van der Waals surface area contributed by atoms with Gasteiger partial charge in [0, 0.05) is 5.69 Å². The van der Waals surface area contributed by atoms with E-state index < -0.39 is 17.6 Å². The van der Waals surface area contributed by atoms with E-state index in [9.17, 15) is 14.9 Å². The minimum atomic E-state index is -0.652. The minimum absolute atomic E-state index is 0.0102. The molecular weight excluding hydrogens is 526 g/mol. The summed E-state index contributed by atoms with van der Waals surface area (Å²) in [4.78, 5) is 38.9. The van der Waals surface area contributed by atoms with E-state index in [-0.39, 0.29) is 39.4 Å². The van der Waals surface area contributed by atoms with Crippen molar-refractivity contribution in [2.45, 2.75) is 13.0 Å². The largest absolute Gasteiger partial charge is 0.382 e. The van der Waals surface area contributed by atoms with Crippen LogP contribution in [0, 0.1) is 11.3 Å². The molecule has 0 unspecified atom stereocenters. The molecule has 6 N–H and O–H groups in total. The van der Waals surface area contributed by atoms with Crippen LogP contribution in [0.25, 0.3) is 16.6 Å². The van der Waals surface area contributed by atoms with Crippen LogP contribution < -0.4 is 27.2 Å². The average Bonchev–Trinajstić information content (AvgIpc) is 3.41. The Bertz CT molecular complexity index is 1800. The molecule has 5 rings (SSSR count). The van der Waals surface area contributed by atoms with Crippen molar-refractivity contribution in [1.82, 2.24) is 40.1 Å². The van der Waals surface area contributed by atoms with Crippen LogP contribution in [0.3, 0.4) is 0 Å². The molecule has 0 saturated carbocycles. The summed E-state index contributed by atoms with van der Waals surface area (Å²) >= 11 is 6.39. The fourth-order valence-electron chi connectivity index (χ4n) is 3.84. The number of fused-ring (bicyclic) bond motifs is 1. The van der Waals surface area contributed by atoms with Crippen molar-refractivity contribution in [2.24, 2.45) is 0 Å². The second kappa shape index (κ2) is 10.4. The van der Waals surface area contributed by atoms with Gasteiger partial charge in [0.1, 0.15) is 35.4 Å². The Morgan fingerprint density at radius 3 is 2.79 bits per heavy atom. The maximum Gasteiger partial charge on any atom is 0.326 e. The van der Waals surface area contributed by atoms with Gasteiger partial charge in [-0.25, -0.2) is 24.8 Å². The summed E-state index contributed by atoms with van der Waals surface area (Å²) < 4.78 is 1.37. The number of hydrogen-bond donors (Lipinski definition) is 5. The molecule has 1 atom stereocenters. The molecule has 0 saturated heterocycles. The second-order valence-electron chi connectivity index (χ2n) is 8.08. The molecule has 39 heavy (non-hydrogen) atoms. The molecule has 3 aromatic heterocycles. The summed E-state index contributed by atoms with van der Waals surface area (Å²) in [6.45, 7) is 1.75. The standard InChI is InChI=1S/C23H18ClN13O2/c1-11(29-19-14(9-25)18(26)27-10-28-19)20-31-16-7-3-6-15(24)17(16)21(38)37(20)13-5-2-4-12(8-13)30-23(39)32-22-33-35-36-34-22/h2-8,10-11H,1H3,(H3,26,27,28,29)(H3,30,32,33,34,35,36,39)/t11-/m0/s1. The van der Waals surface area contributed by atoms with Crippen molar-refractivity contribution in [3.05, 3.63) is 75.6 Å². The van der Waals surface area contributed by atoms with Gasteiger partial charge in [-0.15, -0.1) is 0 Å². The number of nitrogens with two attached hydrogens (primary N) is 1. The molecule has 0 aliphatic rings. The maximum atomic E-state index is 13.8. The van der Waals surface area contributed by atoms with Gasteiger partial charge >= 0.3 is 6.03 Å². The summed E-state index contributed by atoms with van der Waals surface area (Å²) in [6.07, 6.45) is 1.22. The first-order valence-electron chi connectivity index (χ1n) is 11.3. The number of carbonyl (C=O) groups excluding carboxylic acids is 1. The number of benzene rings is 2. The van der Waals surface area contributed by atoms with Crippen molar-refractivity contribution in [3.63, 3.8) is 0 Å². The molecule has 2 amide bonds. The fourth-order valence-corrected chi connectivity index (χ4v) is 4.09. The van der Waals surface area contributed by atoms with Gasteiger partial charge < -0.3 is 16.4 Å². The van der Waals surface area contributed by atoms with Crippen LogP contribution in [0.1, 0.15) is 24.4 Å². The zero-order chi connectivity index (χ0) is 27.5. The number of hydrogen-bond acceptors (Lipinski definition) is 11. The molecule has 0 spiro atoms. The van der Waals surface area contributed by atoms with Crippen LogP contribution in [0.4, 0.5) is 28.1 Å². The first-order valence-corrected chi connectivity index (χ1v) is 11.6. The summed E-state index contributed by atoms with van der Waals surface area (Å²) in [5, 5.41) is 31.0. The highest BCUT2D eigenvalue weighted by Crippen LogP contribution is 2.26. The number of aromatic nitrogens is 8. The SMILES string of the molecule is C[C@H](Nc1ncnc(N)c1C#N)c1nc2cccc(Cl)c2c(=O)n1-c1cccc(NC(=O)Nc2nnn[nH]2)c1. The van der Waals surface area contributed by atoms with Crippen molar-refractivity contribution in [1.29, 1.82) is 5.26 Å². The van der Waals surface area contributed by atoms with Crippen LogP contribution in [0.5, 0.6) is 0 Å². The normalized spacial score (nSPS) is 11.5. The lowest BCUT2D eigenvalue weighted by Crippen LogP contribution is -2.28. The van der Waals surface area contributed by atoms with Gasteiger partial charge in [0.2, 0.25) is 5.95 Å². The van der Waals surface area contributed by atoms with Gasteiger partial charge in [0.25, 0.3) is 5.56 Å². The summed E-state index contributed by atoms with van der Waals surface area (Å²) in [5.74, 6) is 0.525. The van der Waals surface area contributed by atoms with Gasteiger partial charge in [-0.2, -0.15) is 5.26 Å². The molecule has 3 heterocycles. The Labute approximate surface area is 224 Å². The zero-order valence-electron chi connectivity index (χ0n) is 20.0. The van der Waals surface area contributed by atoms with E-state index in [0.717, 1.165) is 0 Å². The average molecular weight is 544 g/mol. The van der Waals surface area contributed by atoms with E-state index in [0.29, 0.717) is 16.9 Å². The number of halogens is 1. The number of nitrogen functional groups attached to an aromatic ring is 1. The molecule has 0 fully saturated rings. The van der Waals surface area contributed by atoms with Crippen LogP contribution in [0.2, 0.25) is 5.02 Å². The highest BCUT2D eigenvalue weighted by atomic mass is 35.5. The number of carbonyl (C=O) groups is 1. The van der Waals surface area contributed by atoms with E-state index in [2.05, 4.69) is 46.5 Å². The number of aromatic amines is 1. The molecule has 2 aromatic carbocycles. The highest BCUT2D eigenvalue weighted by Gasteiger charge is 2.21. The third-order valence-electron chi connectivity index (χ3n) is 5.54. The number of amides is 2. The van der Waals surface area contributed by atoms with Crippen LogP contribution in [-0.2, 0) is 0 Å². The van der Waals surface area contributed by atoms with E-state index in [1.165, 1.54) is 10.9 Å². The first kappa shape index (κ1) is 25.0. The topological polar surface area (TPSA) is 218 Å². The predicted molar refractivity (Wildman–Crippen MR) is 142 cm³/mol. The number of tetrazole rings is 1. The summed E-state index contributed by atoms with van der Waals surface area (Å²) in [6, 6.07) is 12.2. The molecule has 5 aromatic rings. The number of anilines is 4. The van der Waals surface area contributed by atoms with Crippen LogP contribution in [-0.4, -0.2) is 46.2 Å². The molecular formula is C23H18ClN13O2. The lowest BCUT2D eigenvalue weighted by atomic mass is 10.2. The number of H-pyrrole nitrogens is 1. The Balaban J connectivity index is 1.59. The van der Waals surface area contributed by atoms with E-state index >= 15 is 0 Å². The molecule has 0 radical (unpaired) electrons. The smallest absolute Gasteiger partial charge is 0.326 e. The lowest BCUT2D eigenvalue weighted by Gasteiger charge is -2.21. The van der Waals surface area contributed by atoms with Crippen LogP contribution in [0.15, 0.2) is 53.6 Å². The number of nitriles is 1. The second-order valence-corrected chi connectivity index (χ2v) is 8.49. The van der Waals surface area contributed by atoms with Crippen LogP contribution >= 0.6 is 11.6 Å². The van der Waals surface area contributed by atoms with E-state index in [4.69, 9.17) is 22.3 Å². The molecule has 0 aliphatic carbocycles. The number of nitrogens with one attached hydrogen (secondary N) is 4. The monoisotopic (exact) mass is 543 g/mol. The zero-order valence-corrected chi connectivity index (χ0v) is 20.8. The Morgan fingerprint density at radius 2 is 2.03 bits per heavy atom. The fraction of sp³-hybridized carbons (Fsp3) is 0.0870. The Morgan fingerprint density at radius 1 is 1.21 bits per heavy atom. The molecule has 0 aliphatic heterocycles. The van der Waals surface area contributed by atoms with Crippen molar-refractivity contribution in [2.75, 3.05) is 21.7 Å². The number of nitrogens with zero attached hydrogens (tertiary/aromatic N) is 8. The first-order chi connectivity index (χ1) is 18.9. The van der Waals surface area contributed by atoms with Gasteiger partial charge in [-0.3, -0.25) is 14.7 Å². The predicted octanol–water partition coefficient (Wildman–Crippen LogP) is 2.61. The summed E-state index contributed by atoms with van der Waals surface area (Å²) in [7, 11) is 0. The van der Waals surface area contributed by atoms with Gasteiger partial charge in [0.05, 0.1) is 27.7 Å². The number of urea groups is 1. The Hall–Kier alpha value is -5.62. The van der Waals surface area contributed by atoms with Gasteiger partial charge in [-0.05, 0) is 47.7 Å². The Kier molecular flexibility index (Phi) is 6.68. The quantitative estimate of drug-likeness (QED) is 0.209. The minimum Gasteiger partial charge on any atom is -0.382 e. The summed E-state index contributed by atoms with van der Waals surface area (Å²) in [5.41, 5.74) is 6.58. The van der Waals surface area contributed by atoms with Gasteiger partial charge in [-0.1, -0.05) is 28.8 Å². The van der Waals surface area contributed by atoms with Crippen molar-refractivity contribution >= 4 is 51.8 Å². The van der Waals surface area contributed by atoms with Crippen molar-refractivity contribution < 1.29 is 4.79 Å². The third-order valence-corrected chi connectivity index (χ3v) is 5.86. The highest BCUT2D eigenvalue weighted by molar-refractivity contribution is 6.35. The number of rotatable bonds is 6. The maximum absolute atomic E-state index is 13.8. The van der Waals surface area contributed by atoms with E-state index in [1.54, 1.807) is 49.4 Å². The van der Waals surface area contributed by atoms with Gasteiger partial charge in [0.15, 0.2) is 0 Å². The molecule has 0 bridgehead atoms. The third kappa shape index (κ3) is 4.99. The molecule has 194 valence electrons.